The molecule has 3 fully saturated rings. The Morgan fingerprint density at radius 3 is 2.40 bits per heavy atom. The molecule has 3 rings (SSSR count). The van der Waals surface area contributed by atoms with Gasteiger partial charge in [-0.05, 0) is 70.0 Å². The minimum Gasteiger partial charge on any atom is -0.312 e. The zero-order valence-electron chi connectivity index (χ0n) is 13.5. The fourth-order valence-electron chi connectivity index (χ4n) is 5.08. The summed E-state index contributed by atoms with van der Waals surface area (Å²) in [5.41, 5.74) is 0.764. The Morgan fingerprint density at radius 1 is 0.950 bits per heavy atom. The van der Waals surface area contributed by atoms with Crippen LogP contribution in [0.25, 0.3) is 0 Å². The van der Waals surface area contributed by atoms with E-state index in [1.165, 1.54) is 90.3 Å². The van der Waals surface area contributed by atoms with Crippen molar-refractivity contribution in [1.29, 1.82) is 0 Å². The van der Waals surface area contributed by atoms with Crippen LogP contribution in [-0.4, -0.2) is 36.6 Å². The van der Waals surface area contributed by atoms with Crippen LogP contribution in [-0.2, 0) is 0 Å². The number of hydrogen-bond donors (Lipinski definition) is 1. The maximum absolute atomic E-state index is 3.81. The van der Waals surface area contributed by atoms with Gasteiger partial charge in [0, 0.05) is 12.1 Å². The summed E-state index contributed by atoms with van der Waals surface area (Å²) in [5.74, 6) is 0. The minimum absolute atomic E-state index is 0.764. The second kappa shape index (κ2) is 6.79. The second-order valence-corrected chi connectivity index (χ2v) is 7.66. The topological polar surface area (TPSA) is 15.3 Å². The van der Waals surface area contributed by atoms with Crippen molar-refractivity contribution in [1.82, 2.24) is 10.2 Å². The summed E-state index contributed by atoms with van der Waals surface area (Å²) in [5, 5.41) is 3.81. The lowest BCUT2D eigenvalue weighted by Crippen LogP contribution is -2.51. The van der Waals surface area contributed by atoms with Crippen LogP contribution in [0.1, 0.15) is 77.6 Å². The monoisotopic (exact) mass is 278 g/mol. The number of likely N-dealkylation sites (tertiary alicyclic amines) is 1. The van der Waals surface area contributed by atoms with Gasteiger partial charge in [0.2, 0.25) is 0 Å². The molecule has 20 heavy (non-hydrogen) atoms. The van der Waals surface area contributed by atoms with Gasteiger partial charge in [-0.1, -0.05) is 32.6 Å². The summed E-state index contributed by atoms with van der Waals surface area (Å²) >= 11 is 0. The first-order valence-corrected chi connectivity index (χ1v) is 9.30. The van der Waals surface area contributed by atoms with Gasteiger partial charge in [-0.15, -0.1) is 0 Å². The van der Waals surface area contributed by atoms with E-state index in [1.807, 2.05) is 0 Å². The van der Waals surface area contributed by atoms with E-state index in [-0.39, 0.29) is 0 Å². The molecule has 1 saturated heterocycles. The molecule has 1 spiro atoms. The molecule has 1 heterocycles. The van der Waals surface area contributed by atoms with E-state index in [0.29, 0.717) is 0 Å². The van der Waals surface area contributed by atoms with Crippen molar-refractivity contribution < 1.29 is 0 Å². The number of nitrogens with zero attached hydrogens (tertiary/aromatic N) is 1. The quantitative estimate of drug-likeness (QED) is 0.837. The van der Waals surface area contributed by atoms with Gasteiger partial charge in [-0.2, -0.15) is 0 Å². The van der Waals surface area contributed by atoms with Crippen LogP contribution in [0.3, 0.4) is 0 Å². The summed E-state index contributed by atoms with van der Waals surface area (Å²) in [6, 6.07) is 1.64. The Morgan fingerprint density at radius 2 is 1.70 bits per heavy atom. The van der Waals surface area contributed by atoms with Gasteiger partial charge >= 0.3 is 0 Å². The molecule has 2 atom stereocenters. The van der Waals surface area contributed by atoms with E-state index < -0.39 is 0 Å². The molecule has 0 amide bonds. The van der Waals surface area contributed by atoms with Crippen molar-refractivity contribution in [2.24, 2.45) is 5.41 Å². The fourth-order valence-corrected chi connectivity index (χ4v) is 5.08. The Kier molecular flexibility index (Phi) is 5.04. The Balaban J connectivity index is 1.52. The van der Waals surface area contributed by atoms with E-state index in [0.717, 1.165) is 17.5 Å². The van der Waals surface area contributed by atoms with E-state index in [4.69, 9.17) is 0 Å². The van der Waals surface area contributed by atoms with Gasteiger partial charge in [0.25, 0.3) is 0 Å². The lowest BCUT2D eigenvalue weighted by Gasteiger charge is -2.47. The molecule has 0 radical (unpaired) electrons. The lowest BCUT2D eigenvalue weighted by molar-refractivity contribution is 0.0399. The Labute approximate surface area is 125 Å². The molecular formula is C18H34N2. The van der Waals surface area contributed by atoms with Crippen LogP contribution < -0.4 is 5.32 Å². The Hall–Kier alpha value is -0.0800. The molecule has 116 valence electrons. The van der Waals surface area contributed by atoms with Crippen LogP contribution in [0.15, 0.2) is 0 Å². The standard InChI is InChI=1S/C18H34N2/c1-2-13-19-16-7-6-8-17(16)20-14-11-18(12-15-20)9-4-3-5-10-18/h16-17,19H,2-15H2,1H3. The minimum atomic E-state index is 0.764. The van der Waals surface area contributed by atoms with Crippen LogP contribution in [0.5, 0.6) is 0 Å². The van der Waals surface area contributed by atoms with Gasteiger partial charge in [-0.25, -0.2) is 0 Å². The molecule has 2 saturated carbocycles. The molecule has 2 heteroatoms. The largest absolute Gasteiger partial charge is 0.312 e. The molecule has 2 nitrogen and oxygen atoms in total. The Bertz CT molecular complexity index is 286. The summed E-state index contributed by atoms with van der Waals surface area (Å²) in [4.78, 5) is 2.85. The highest BCUT2D eigenvalue weighted by molar-refractivity contribution is 4.95. The van der Waals surface area contributed by atoms with Gasteiger partial charge in [-0.3, -0.25) is 4.90 Å². The van der Waals surface area contributed by atoms with E-state index in [1.54, 1.807) is 0 Å². The summed E-state index contributed by atoms with van der Waals surface area (Å²) in [6.45, 7) is 6.26. The highest BCUT2D eigenvalue weighted by Crippen LogP contribution is 2.45. The van der Waals surface area contributed by atoms with Crippen LogP contribution >= 0.6 is 0 Å². The molecule has 1 aliphatic heterocycles. The van der Waals surface area contributed by atoms with Gasteiger partial charge in [0.05, 0.1) is 0 Å². The highest BCUT2D eigenvalue weighted by atomic mass is 15.2. The SMILES string of the molecule is CCCNC1CCCC1N1CCC2(CCCCC2)CC1. The second-order valence-electron chi connectivity index (χ2n) is 7.66. The molecule has 0 aromatic carbocycles. The summed E-state index contributed by atoms with van der Waals surface area (Å²) in [7, 11) is 0. The van der Waals surface area contributed by atoms with Crippen molar-refractivity contribution in [3.8, 4) is 0 Å². The maximum atomic E-state index is 3.81. The van der Waals surface area contributed by atoms with Crippen molar-refractivity contribution in [3.63, 3.8) is 0 Å². The molecule has 2 unspecified atom stereocenters. The first-order valence-electron chi connectivity index (χ1n) is 9.30. The van der Waals surface area contributed by atoms with Crippen LogP contribution in [0.2, 0.25) is 0 Å². The van der Waals surface area contributed by atoms with Crippen LogP contribution in [0, 0.1) is 5.41 Å². The van der Waals surface area contributed by atoms with Crippen molar-refractivity contribution in [3.05, 3.63) is 0 Å². The summed E-state index contributed by atoms with van der Waals surface area (Å²) < 4.78 is 0. The van der Waals surface area contributed by atoms with E-state index >= 15 is 0 Å². The molecule has 0 bridgehead atoms. The molecule has 1 N–H and O–H groups in total. The maximum Gasteiger partial charge on any atom is 0.0249 e. The zero-order chi connectivity index (χ0) is 13.8. The average Bonchev–Trinajstić information content (AvgIpc) is 2.95. The first-order chi connectivity index (χ1) is 9.83. The molecule has 3 aliphatic rings. The normalized spacial score (nSPS) is 34.6. The smallest absolute Gasteiger partial charge is 0.0249 e. The van der Waals surface area contributed by atoms with Crippen molar-refractivity contribution in [2.75, 3.05) is 19.6 Å². The fraction of sp³-hybridized carbons (Fsp3) is 1.00. The number of hydrogen-bond acceptors (Lipinski definition) is 2. The third-order valence-electron chi connectivity index (χ3n) is 6.38. The van der Waals surface area contributed by atoms with E-state index in [9.17, 15) is 0 Å². The molecule has 2 aliphatic carbocycles. The zero-order valence-corrected chi connectivity index (χ0v) is 13.5. The third-order valence-corrected chi connectivity index (χ3v) is 6.38. The number of piperidine rings is 1. The van der Waals surface area contributed by atoms with E-state index in [2.05, 4.69) is 17.1 Å². The average molecular weight is 278 g/mol. The molecular weight excluding hydrogens is 244 g/mol. The molecule has 0 aromatic heterocycles. The van der Waals surface area contributed by atoms with Crippen LogP contribution in [0.4, 0.5) is 0 Å². The predicted molar refractivity (Wildman–Crippen MR) is 86.0 cm³/mol. The number of rotatable bonds is 4. The lowest BCUT2D eigenvalue weighted by atomic mass is 9.68. The predicted octanol–water partition coefficient (Wildman–Crippen LogP) is 3.95. The third kappa shape index (κ3) is 3.22. The van der Waals surface area contributed by atoms with Gasteiger partial charge in [0.15, 0.2) is 0 Å². The molecule has 0 aromatic rings. The summed E-state index contributed by atoms with van der Waals surface area (Å²) in [6.07, 6.45) is 16.1. The van der Waals surface area contributed by atoms with Crippen molar-refractivity contribution in [2.45, 2.75) is 89.6 Å². The van der Waals surface area contributed by atoms with Gasteiger partial charge in [0.1, 0.15) is 0 Å². The highest BCUT2D eigenvalue weighted by Gasteiger charge is 2.39. The van der Waals surface area contributed by atoms with Gasteiger partial charge < -0.3 is 5.32 Å². The first kappa shape index (κ1) is 14.8. The van der Waals surface area contributed by atoms with Crippen molar-refractivity contribution >= 4 is 0 Å². The number of nitrogens with one attached hydrogen (secondary N) is 1.